The highest BCUT2D eigenvalue weighted by molar-refractivity contribution is 5.21. The highest BCUT2D eigenvalue weighted by Gasteiger charge is 2.19. The molecule has 0 aliphatic heterocycles. The highest BCUT2D eigenvalue weighted by atomic mass is 14.7. The molecule has 1 unspecified atom stereocenters. The van der Waals surface area contributed by atoms with Crippen LogP contribution in [0.4, 0.5) is 0 Å². The second-order valence-corrected chi connectivity index (χ2v) is 5.85. The van der Waals surface area contributed by atoms with Gasteiger partial charge >= 0.3 is 0 Å². The Morgan fingerprint density at radius 2 is 1.69 bits per heavy atom. The van der Waals surface area contributed by atoms with Gasteiger partial charge in [0.2, 0.25) is 0 Å². The predicted octanol–water partition coefficient (Wildman–Crippen LogP) is 3.69. The summed E-state index contributed by atoms with van der Waals surface area (Å²) in [5, 5.41) is 0. The standard InChI is InChI=1S/C15H25N/c1-12-8-10-13(11-9-12)6-5-7-14(16)15(2,3)4/h8-11,14H,5-7,16H2,1-4H3. The summed E-state index contributed by atoms with van der Waals surface area (Å²) in [6, 6.07) is 9.10. The zero-order valence-corrected chi connectivity index (χ0v) is 11.1. The average molecular weight is 219 g/mol. The third-order valence-corrected chi connectivity index (χ3v) is 3.21. The minimum absolute atomic E-state index is 0.229. The van der Waals surface area contributed by atoms with Crippen molar-refractivity contribution in [3.63, 3.8) is 0 Å². The molecule has 1 atom stereocenters. The maximum atomic E-state index is 6.14. The summed E-state index contributed by atoms with van der Waals surface area (Å²) in [4.78, 5) is 0. The lowest BCUT2D eigenvalue weighted by Gasteiger charge is -2.26. The molecular formula is C15H25N. The fraction of sp³-hybridized carbons (Fsp3) is 0.600. The first-order valence-electron chi connectivity index (χ1n) is 6.21. The molecule has 90 valence electrons. The molecule has 0 saturated heterocycles. The number of hydrogen-bond donors (Lipinski definition) is 1. The van der Waals surface area contributed by atoms with Crippen molar-refractivity contribution in [2.75, 3.05) is 0 Å². The molecule has 1 aromatic carbocycles. The lowest BCUT2D eigenvalue weighted by molar-refractivity contribution is 0.301. The van der Waals surface area contributed by atoms with Crippen LogP contribution in [0.3, 0.4) is 0 Å². The number of aryl methyl sites for hydroxylation is 2. The molecule has 1 heteroatoms. The second kappa shape index (κ2) is 5.49. The van der Waals surface area contributed by atoms with Gasteiger partial charge in [-0.1, -0.05) is 50.6 Å². The first-order valence-corrected chi connectivity index (χ1v) is 6.21. The van der Waals surface area contributed by atoms with Crippen LogP contribution < -0.4 is 5.73 Å². The van der Waals surface area contributed by atoms with Gasteiger partial charge in [0.15, 0.2) is 0 Å². The van der Waals surface area contributed by atoms with Crippen molar-refractivity contribution in [3.8, 4) is 0 Å². The van der Waals surface area contributed by atoms with Crippen LogP contribution in [0.15, 0.2) is 24.3 Å². The van der Waals surface area contributed by atoms with E-state index in [4.69, 9.17) is 5.73 Å². The van der Waals surface area contributed by atoms with Gasteiger partial charge in [0.1, 0.15) is 0 Å². The molecule has 0 aliphatic rings. The molecule has 0 bridgehead atoms. The van der Waals surface area contributed by atoms with Gasteiger partial charge in [-0.15, -0.1) is 0 Å². The molecule has 0 aliphatic carbocycles. The Balaban J connectivity index is 2.33. The van der Waals surface area contributed by atoms with Gasteiger partial charge in [-0.05, 0) is 37.2 Å². The van der Waals surface area contributed by atoms with Crippen LogP contribution >= 0.6 is 0 Å². The molecule has 16 heavy (non-hydrogen) atoms. The summed E-state index contributed by atoms with van der Waals surface area (Å²) in [5.74, 6) is 0. The molecule has 0 fully saturated rings. The normalized spacial score (nSPS) is 13.8. The average Bonchev–Trinajstić information content (AvgIpc) is 2.19. The minimum Gasteiger partial charge on any atom is -0.327 e. The van der Waals surface area contributed by atoms with Gasteiger partial charge in [0.05, 0.1) is 0 Å². The molecule has 0 aromatic heterocycles. The monoisotopic (exact) mass is 219 g/mol. The Bertz CT molecular complexity index is 305. The zero-order valence-electron chi connectivity index (χ0n) is 11.1. The second-order valence-electron chi connectivity index (χ2n) is 5.85. The van der Waals surface area contributed by atoms with E-state index < -0.39 is 0 Å². The van der Waals surface area contributed by atoms with Crippen LogP contribution in [0, 0.1) is 12.3 Å². The highest BCUT2D eigenvalue weighted by Crippen LogP contribution is 2.21. The quantitative estimate of drug-likeness (QED) is 0.821. The maximum absolute atomic E-state index is 6.14. The fourth-order valence-electron chi connectivity index (χ4n) is 1.71. The van der Waals surface area contributed by atoms with Crippen molar-refractivity contribution < 1.29 is 0 Å². The zero-order chi connectivity index (χ0) is 12.2. The largest absolute Gasteiger partial charge is 0.327 e. The lowest BCUT2D eigenvalue weighted by atomic mass is 9.84. The maximum Gasteiger partial charge on any atom is 0.00877 e. The Labute approximate surface area is 100 Å². The Kier molecular flexibility index (Phi) is 4.55. The van der Waals surface area contributed by atoms with E-state index in [9.17, 15) is 0 Å². The molecule has 2 N–H and O–H groups in total. The SMILES string of the molecule is Cc1ccc(CCCC(N)C(C)(C)C)cc1. The van der Waals surface area contributed by atoms with Gasteiger partial charge in [-0.3, -0.25) is 0 Å². The summed E-state index contributed by atoms with van der Waals surface area (Å²) in [7, 11) is 0. The summed E-state index contributed by atoms with van der Waals surface area (Å²) in [6.07, 6.45) is 3.43. The Morgan fingerprint density at radius 3 is 2.19 bits per heavy atom. The van der Waals surface area contributed by atoms with Crippen LogP contribution in [0.1, 0.15) is 44.7 Å². The van der Waals surface area contributed by atoms with Gasteiger partial charge in [0, 0.05) is 6.04 Å². The molecule has 0 amide bonds. The summed E-state index contributed by atoms with van der Waals surface area (Å²) in [5.41, 5.74) is 9.12. The van der Waals surface area contributed by atoms with Gasteiger partial charge in [-0.2, -0.15) is 0 Å². The molecule has 0 saturated carbocycles. The molecule has 0 heterocycles. The molecular weight excluding hydrogens is 194 g/mol. The van der Waals surface area contributed by atoms with Crippen molar-refractivity contribution in [1.82, 2.24) is 0 Å². The smallest absolute Gasteiger partial charge is 0.00877 e. The van der Waals surface area contributed by atoms with Crippen LogP contribution in [-0.4, -0.2) is 6.04 Å². The topological polar surface area (TPSA) is 26.0 Å². The van der Waals surface area contributed by atoms with E-state index in [1.165, 1.54) is 17.5 Å². The van der Waals surface area contributed by atoms with Gasteiger partial charge in [0.25, 0.3) is 0 Å². The van der Waals surface area contributed by atoms with Crippen molar-refractivity contribution in [2.24, 2.45) is 11.1 Å². The number of benzene rings is 1. The van der Waals surface area contributed by atoms with E-state index in [2.05, 4.69) is 52.0 Å². The third kappa shape index (κ3) is 4.36. The number of rotatable bonds is 4. The first-order chi connectivity index (χ1) is 7.39. The molecule has 1 aromatic rings. The van der Waals surface area contributed by atoms with Crippen molar-refractivity contribution in [1.29, 1.82) is 0 Å². The van der Waals surface area contributed by atoms with E-state index in [1.54, 1.807) is 0 Å². The van der Waals surface area contributed by atoms with Crippen molar-refractivity contribution >= 4 is 0 Å². The summed E-state index contributed by atoms with van der Waals surface area (Å²) >= 11 is 0. The third-order valence-electron chi connectivity index (χ3n) is 3.21. The number of hydrogen-bond acceptors (Lipinski definition) is 1. The molecule has 1 rings (SSSR count). The summed E-state index contributed by atoms with van der Waals surface area (Å²) < 4.78 is 0. The van der Waals surface area contributed by atoms with Crippen LogP contribution in [0.2, 0.25) is 0 Å². The summed E-state index contributed by atoms with van der Waals surface area (Å²) in [6.45, 7) is 8.76. The van der Waals surface area contributed by atoms with E-state index in [-0.39, 0.29) is 5.41 Å². The number of nitrogens with two attached hydrogens (primary N) is 1. The van der Waals surface area contributed by atoms with E-state index in [0.29, 0.717) is 6.04 Å². The van der Waals surface area contributed by atoms with E-state index >= 15 is 0 Å². The Hall–Kier alpha value is -0.820. The van der Waals surface area contributed by atoms with Crippen LogP contribution in [0.5, 0.6) is 0 Å². The minimum atomic E-state index is 0.229. The predicted molar refractivity (Wildman–Crippen MR) is 71.5 cm³/mol. The molecule has 0 radical (unpaired) electrons. The van der Waals surface area contributed by atoms with Crippen LogP contribution in [-0.2, 0) is 6.42 Å². The van der Waals surface area contributed by atoms with Crippen molar-refractivity contribution in [2.45, 2.75) is 53.0 Å². The van der Waals surface area contributed by atoms with E-state index in [1.807, 2.05) is 0 Å². The first kappa shape index (κ1) is 13.2. The molecule has 1 nitrogen and oxygen atoms in total. The molecule has 0 spiro atoms. The van der Waals surface area contributed by atoms with Crippen molar-refractivity contribution in [3.05, 3.63) is 35.4 Å². The fourth-order valence-corrected chi connectivity index (χ4v) is 1.71. The van der Waals surface area contributed by atoms with Gasteiger partial charge in [-0.25, -0.2) is 0 Å². The van der Waals surface area contributed by atoms with Crippen LogP contribution in [0.25, 0.3) is 0 Å². The van der Waals surface area contributed by atoms with Gasteiger partial charge < -0.3 is 5.73 Å². The lowest BCUT2D eigenvalue weighted by Crippen LogP contribution is -2.34. The Morgan fingerprint density at radius 1 is 1.12 bits per heavy atom. The van der Waals surface area contributed by atoms with E-state index in [0.717, 1.165) is 12.8 Å².